The van der Waals surface area contributed by atoms with E-state index >= 15 is 0 Å². The molecule has 0 bridgehead atoms. The van der Waals surface area contributed by atoms with Gasteiger partial charge in [0.05, 0.1) is 17.2 Å². The number of benzene rings is 3. The highest BCUT2D eigenvalue weighted by molar-refractivity contribution is 9.10. The van der Waals surface area contributed by atoms with Crippen molar-refractivity contribution in [1.29, 1.82) is 0 Å². The summed E-state index contributed by atoms with van der Waals surface area (Å²) in [6.07, 6.45) is 0.751. The van der Waals surface area contributed by atoms with Gasteiger partial charge >= 0.3 is 0 Å². The Morgan fingerprint density at radius 3 is 2.27 bits per heavy atom. The van der Waals surface area contributed by atoms with Gasteiger partial charge in [0, 0.05) is 17.6 Å². The molecule has 0 spiro atoms. The molecule has 0 aromatic heterocycles. The first-order valence-corrected chi connectivity index (χ1v) is 15.4. The summed E-state index contributed by atoms with van der Waals surface area (Å²) < 4.78 is 35.1. The Bertz CT molecular complexity index is 1400. The predicted octanol–water partition coefficient (Wildman–Crippen LogP) is 5.30. The van der Waals surface area contributed by atoms with E-state index in [9.17, 15) is 18.0 Å². The summed E-state index contributed by atoms with van der Waals surface area (Å²) in [6, 6.07) is 19.6. The van der Waals surface area contributed by atoms with E-state index in [0.717, 1.165) is 26.3 Å². The summed E-state index contributed by atoms with van der Waals surface area (Å²) in [5.74, 6) is -0.220. The summed E-state index contributed by atoms with van der Waals surface area (Å²) in [6.45, 7) is 8.01. The van der Waals surface area contributed by atoms with E-state index in [-0.39, 0.29) is 17.3 Å². The van der Waals surface area contributed by atoms with Crippen molar-refractivity contribution >= 4 is 43.5 Å². The average Bonchev–Trinajstić information content (AvgIpc) is 2.93. The van der Waals surface area contributed by atoms with Crippen molar-refractivity contribution in [2.45, 2.75) is 51.6 Å². The van der Waals surface area contributed by atoms with E-state index < -0.39 is 28.5 Å². The van der Waals surface area contributed by atoms with Crippen molar-refractivity contribution in [3.8, 4) is 5.75 Å². The van der Waals surface area contributed by atoms with Gasteiger partial charge in [0.15, 0.2) is 0 Å². The fourth-order valence-electron chi connectivity index (χ4n) is 4.12. The molecule has 10 heteroatoms. The smallest absolute Gasteiger partial charge is 0.264 e. The van der Waals surface area contributed by atoms with E-state index in [2.05, 4.69) is 21.2 Å². The Morgan fingerprint density at radius 2 is 1.68 bits per heavy atom. The van der Waals surface area contributed by atoms with Crippen LogP contribution < -0.4 is 14.4 Å². The second-order valence-corrected chi connectivity index (χ2v) is 12.1. The maximum atomic E-state index is 13.9. The average molecular weight is 631 g/mol. The lowest BCUT2D eigenvalue weighted by Gasteiger charge is -2.32. The second kappa shape index (κ2) is 14.3. The highest BCUT2D eigenvalue weighted by Crippen LogP contribution is 2.27. The molecule has 40 heavy (non-hydrogen) atoms. The van der Waals surface area contributed by atoms with Crippen LogP contribution in [-0.4, -0.2) is 50.9 Å². The Morgan fingerprint density at radius 1 is 1.00 bits per heavy atom. The molecule has 2 amide bonds. The number of sulfonamides is 1. The SMILES string of the molecule is CCCNC(=O)[C@@H](C)N(Cc1cccc(C)c1)C(=O)CN(c1ccc(OCC)cc1)S(=O)(=O)c1ccc(Br)cc1. The summed E-state index contributed by atoms with van der Waals surface area (Å²) in [4.78, 5) is 28.4. The fourth-order valence-corrected chi connectivity index (χ4v) is 5.80. The number of anilines is 1. The van der Waals surface area contributed by atoms with Gasteiger partial charge in [-0.3, -0.25) is 13.9 Å². The number of nitrogens with zero attached hydrogens (tertiary/aromatic N) is 2. The van der Waals surface area contributed by atoms with Crippen molar-refractivity contribution < 1.29 is 22.7 Å². The van der Waals surface area contributed by atoms with Gasteiger partial charge in [-0.15, -0.1) is 0 Å². The number of nitrogens with one attached hydrogen (secondary N) is 1. The quantitative estimate of drug-likeness (QED) is 0.277. The van der Waals surface area contributed by atoms with Gasteiger partial charge in [-0.1, -0.05) is 52.7 Å². The van der Waals surface area contributed by atoms with E-state index in [0.29, 0.717) is 24.6 Å². The predicted molar refractivity (Wildman–Crippen MR) is 161 cm³/mol. The van der Waals surface area contributed by atoms with Crippen LogP contribution in [0.25, 0.3) is 0 Å². The lowest BCUT2D eigenvalue weighted by Crippen LogP contribution is -2.51. The lowest BCUT2D eigenvalue weighted by molar-refractivity contribution is -0.139. The minimum absolute atomic E-state index is 0.0383. The third kappa shape index (κ3) is 8.08. The van der Waals surface area contributed by atoms with Gasteiger partial charge in [0.25, 0.3) is 10.0 Å². The molecule has 0 fully saturated rings. The number of ether oxygens (including phenoxy) is 1. The van der Waals surface area contributed by atoms with Crippen LogP contribution in [0.2, 0.25) is 0 Å². The number of aryl methyl sites for hydroxylation is 1. The van der Waals surface area contributed by atoms with Crippen molar-refractivity contribution in [2.75, 3.05) is 24.0 Å². The van der Waals surface area contributed by atoms with Gasteiger partial charge in [0.2, 0.25) is 11.8 Å². The van der Waals surface area contributed by atoms with Gasteiger partial charge in [-0.05, 0) is 81.3 Å². The van der Waals surface area contributed by atoms with Gasteiger partial charge in [0.1, 0.15) is 18.3 Å². The molecule has 0 aliphatic carbocycles. The molecule has 3 aromatic carbocycles. The molecule has 1 atom stereocenters. The molecule has 0 saturated heterocycles. The minimum atomic E-state index is -4.14. The number of hydrogen-bond acceptors (Lipinski definition) is 5. The molecular weight excluding hydrogens is 594 g/mol. The van der Waals surface area contributed by atoms with Gasteiger partial charge in [-0.2, -0.15) is 0 Å². The summed E-state index contributed by atoms with van der Waals surface area (Å²) >= 11 is 3.34. The van der Waals surface area contributed by atoms with Crippen molar-refractivity contribution in [1.82, 2.24) is 10.2 Å². The number of amides is 2. The van der Waals surface area contributed by atoms with Crippen LogP contribution in [0, 0.1) is 6.92 Å². The molecule has 214 valence electrons. The molecular formula is C30H36BrN3O5S. The number of carbonyl (C=O) groups excluding carboxylic acids is 2. The van der Waals surface area contributed by atoms with Crippen LogP contribution in [0.5, 0.6) is 5.75 Å². The highest BCUT2D eigenvalue weighted by Gasteiger charge is 2.32. The fraction of sp³-hybridized carbons (Fsp3) is 0.333. The molecule has 3 rings (SSSR count). The first-order valence-electron chi connectivity index (χ1n) is 13.2. The summed E-state index contributed by atoms with van der Waals surface area (Å²) in [7, 11) is -4.14. The highest BCUT2D eigenvalue weighted by atomic mass is 79.9. The second-order valence-electron chi connectivity index (χ2n) is 9.37. The van der Waals surface area contributed by atoms with E-state index in [1.807, 2.05) is 45.0 Å². The largest absolute Gasteiger partial charge is 0.494 e. The maximum absolute atomic E-state index is 13.9. The molecule has 0 saturated carbocycles. The number of hydrogen-bond donors (Lipinski definition) is 1. The zero-order valence-electron chi connectivity index (χ0n) is 23.3. The Hall–Kier alpha value is -3.37. The summed E-state index contributed by atoms with van der Waals surface area (Å²) in [5, 5.41) is 2.85. The van der Waals surface area contributed by atoms with Crippen LogP contribution in [0.3, 0.4) is 0 Å². The monoisotopic (exact) mass is 629 g/mol. The van der Waals surface area contributed by atoms with E-state index in [4.69, 9.17) is 4.74 Å². The first kappa shape index (κ1) is 31.2. The maximum Gasteiger partial charge on any atom is 0.264 e. The van der Waals surface area contributed by atoms with Crippen molar-refractivity contribution in [3.63, 3.8) is 0 Å². The molecule has 3 aromatic rings. The zero-order chi connectivity index (χ0) is 29.3. The van der Waals surface area contributed by atoms with Gasteiger partial charge < -0.3 is 15.0 Å². The Kier molecular flexibility index (Phi) is 11.2. The zero-order valence-corrected chi connectivity index (χ0v) is 25.7. The lowest BCUT2D eigenvalue weighted by atomic mass is 10.1. The van der Waals surface area contributed by atoms with Crippen LogP contribution in [0.4, 0.5) is 5.69 Å². The molecule has 0 unspecified atom stereocenters. The van der Waals surface area contributed by atoms with Gasteiger partial charge in [-0.25, -0.2) is 8.42 Å². The number of carbonyl (C=O) groups is 2. The van der Waals surface area contributed by atoms with Crippen LogP contribution in [0.15, 0.2) is 82.2 Å². The van der Waals surface area contributed by atoms with Crippen LogP contribution in [-0.2, 0) is 26.2 Å². The Labute approximate surface area is 245 Å². The standard InChI is InChI=1S/C30H36BrN3O5S/c1-5-18-32-30(36)23(4)33(20-24-9-7-8-22(3)19-24)29(35)21-34(26-12-14-27(15-13-26)39-6-2)40(37,38)28-16-10-25(31)11-17-28/h7-17,19,23H,5-6,18,20-21H2,1-4H3,(H,32,36)/t23-/m1/s1. The molecule has 0 aliphatic heterocycles. The third-order valence-corrected chi connectivity index (χ3v) is 8.58. The van der Waals surface area contributed by atoms with E-state index in [1.165, 1.54) is 17.0 Å². The number of halogens is 1. The molecule has 0 radical (unpaired) electrons. The van der Waals surface area contributed by atoms with Crippen LogP contribution >= 0.6 is 15.9 Å². The molecule has 1 N–H and O–H groups in total. The third-order valence-electron chi connectivity index (χ3n) is 6.27. The van der Waals surface area contributed by atoms with E-state index in [1.54, 1.807) is 43.3 Å². The van der Waals surface area contributed by atoms with Crippen molar-refractivity contribution in [2.24, 2.45) is 0 Å². The van der Waals surface area contributed by atoms with Crippen molar-refractivity contribution in [3.05, 3.63) is 88.4 Å². The molecule has 0 aliphatic rings. The minimum Gasteiger partial charge on any atom is -0.494 e. The first-order chi connectivity index (χ1) is 19.1. The topological polar surface area (TPSA) is 96.0 Å². The van der Waals surface area contributed by atoms with Crippen LogP contribution in [0.1, 0.15) is 38.3 Å². The number of rotatable bonds is 13. The summed E-state index contributed by atoms with van der Waals surface area (Å²) in [5.41, 5.74) is 2.16. The molecule has 0 heterocycles. The molecule has 8 nitrogen and oxygen atoms in total. The normalized spacial score (nSPS) is 11.9. The Balaban J connectivity index is 2.02.